The first-order chi connectivity index (χ1) is 7.96. The summed E-state index contributed by atoms with van der Waals surface area (Å²) in [6, 6.07) is 0. The second kappa shape index (κ2) is 4.45. The van der Waals surface area contributed by atoms with Gasteiger partial charge in [0.2, 0.25) is 0 Å². The van der Waals surface area contributed by atoms with Crippen LogP contribution in [0.15, 0.2) is 11.6 Å². The minimum atomic E-state index is -0.178. The van der Waals surface area contributed by atoms with E-state index in [1.165, 1.54) is 12.7 Å². The molecule has 0 saturated carbocycles. The van der Waals surface area contributed by atoms with Crippen LogP contribution in [0.25, 0.3) is 0 Å². The number of ether oxygens (including phenoxy) is 2. The summed E-state index contributed by atoms with van der Waals surface area (Å²) in [7, 11) is 1.43. The maximum absolute atomic E-state index is 11.4. The highest BCUT2D eigenvalue weighted by Gasteiger charge is 2.48. The van der Waals surface area contributed by atoms with Crippen LogP contribution in [0.5, 0.6) is 0 Å². The van der Waals surface area contributed by atoms with E-state index in [9.17, 15) is 4.79 Å². The Morgan fingerprint density at radius 1 is 1.59 bits per heavy atom. The molecule has 3 heteroatoms. The zero-order chi connectivity index (χ0) is 12.6. The van der Waals surface area contributed by atoms with Crippen molar-refractivity contribution in [2.24, 2.45) is 17.3 Å². The van der Waals surface area contributed by atoms with Crippen LogP contribution < -0.4 is 0 Å². The molecular weight excluding hydrogens is 216 g/mol. The van der Waals surface area contributed by atoms with Crippen molar-refractivity contribution in [3.8, 4) is 0 Å². The first-order valence-electron chi connectivity index (χ1n) is 6.32. The minimum Gasteiger partial charge on any atom is -0.469 e. The molecule has 3 nitrogen and oxygen atoms in total. The van der Waals surface area contributed by atoms with Gasteiger partial charge in [0.15, 0.2) is 0 Å². The summed E-state index contributed by atoms with van der Waals surface area (Å²) in [5, 5.41) is 0. The van der Waals surface area contributed by atoms with Gasteiger partial charge in [-0.1, -0.05) is 25.5 Å². The van der Waals surface area contributed by atoms with Crippen molar-refractivity contribution in [3.05, 3.63) is 11.6 Å². The molecule has 17 heavy (non-hydrogen) atoms. The fraction of sp³-hybridized carbons (Fsp3) is 0.786. The van der Waals surface area contributed by atoms with Crippen molar-refractivity contribution in [1.29, 1.82) is 0 Å². The topological polar surface area (TPSA) is 35.5 Å². The minimum absolute atomic E-state index is 0.0229. The van der Waals surface area contributed by atoms with E-state index in [1.54, 1.807) is 0 Å². The molecule has 0 aromatic carbocycles. The summed E-state index contributed by atoms with van der Waals surface area (Å²) < 4.78 is 10.6. The molecule has 0 amide bonds. The Bertz CT molecular complexity index is 343. The molecule has 0 N–H and O–H groups in total. The molecule has 3 atom stereocenters. The van der Waals surface area contributed by atoms with Gasteiger partial charge in [0.05, 0.1) is 26.2 Å². The number of hydrogen-bond donors (Lipinski definition) is 0. The van der Waals surface area contributed by atoms with Crippen molar-refractivity contribution in [2.75, 3.05) is 13.7 Å². The van der Waals surface area contributed by atoms with Crippen LogP contribution >= 0.6 is 0 Å². The van der Waals surface area contributed by atoms with E-state index in [-0.39, 0.29) is 17.5 Å². The summed E-state index contributed by atoms with van der Waals surface area (Å²) in [6.45, 7) is 7.51. The van der Waals surface area contributed by atoms with Gasteiger partial charge < -0.3 is 9.47 Å². The van der Waals surface area contributed by atoms with Gasteiger partial charge in [-0.25, -0.2) is 0 Å². The van der Waals surface area contributed by atoms with Gasteiger partial charge in [-0.05, 0) is 24.7 Å². The van der Waals surface area contributed by atoms with Gasteiger partial charge in [0, 0.05) is 5.92 Å². The molecule has 1 heterocycles. The Labute approximate surface area is 103 Å². The zero-order valence-corrected chi connectivity index (χ0v) is 11.2. The molecule has 2 bridgehead atoms. The van der Waals surface area contributed by atoms with Crippen LogP contribution in [0.2, 0.25) is 0 Å². The Morgan fingerprint density at radius 3 is 2.94 bits per heavy atom. The summed E-state index contributed by atoms with van der Waals surface area (Å²) >= 11 is 0. The van der Waals surface area contributed by atoms with Crippen LogP contribution in [-0.4, -0.2) is 25.8 Å². The van der Waals surface area contributed by atoms with Crippen molar-refractivity contribution in [2.45, 2.75) is 39.7 Å². The Kier molecular flexibility index (Phi) is 3.30. The monoisotopic (exact) mass is 238 g/mol. The highest BCUT2D eigenvalue weighted by Crippen LogP contribution is 2.51. The molecule has 0 unspecified atom stereocenters. The molecule has 0 aromatic heterocycles. The van der Waals surface area contributed by atoms with E-state index >= 15 is 0 Å². The lowest BCUT2D eigenvalue weighted by Gasteiger charge is -2.52. The Morgan fingerprint density at radius 2 is 2.29 bits per heavy atom. The summed E-state index contributed by atoms with van der Waals surface area (Å²) in [5.41, 5.74) is 1.58. The number of methoxy groups -OCH3 is 1. The molecule has 0 radical (unpaired) electrons. The van der Waals surface area contributed by atoms with Gasteiger partial charge in [-0.15, -0.1) is 0 Å². The predicted molar refractivity (Wildman–Crippen MR) is 65.5 cm³/mol. The number of fused-ring (bicyclic) bond motifs is 2. The number of carbonyl (C=O) groups is 1. The number of allylic oxidation sites excluding steroid dienone is 1. The van der Waals surface area contributed by atoms with E-state index in [2.05, 4.69) is 26.8 Å². The Hall–Kier alpha value is -0.830. The lowest BCUT2D eigenvalue weighted by molar-refractivity contribution is -0.156. The van der Waals surface area contributed by atoms with Crippen molar-refractivity contribution >= 4 is 5.97 Å². The first-order valence-corrected chi connectivity index (χ1v) is 6.32. The molecule has 1 aliphatic heterocycles. The molecule has 2 rings (SSSR count). The van der Waals surface area contributed by atoms with Crippen LogP contribution in [0.1, 0.15) is 33.6 Å². The average molecular weight is 238 g/mol. The molecule has 0 spiro atoms. The van der Waals surface area contributed by atoms with Gasteiger partial charge >= 0.3 is 5.97 Å². The molecule has 96 valence electrons. The summed E-state index contributed by atoms with van der Waals surface area (Å²) in [6.07, 6.45) is 3.75. The van der Waals surface area contributed by atoms with Gasteiger partial charge in [-0.3, -0.25) is 4.79 Å². The van der Waals surface area contributed by atoms with E-state index in [1.807, 2.05) is 0 Å². The van der Waals surface area contributed by atoms with E-state index < -0.39 is 0 Å². The third kappa shape index (κ3) is 2.13. The van der Waals surface area contributed by atoms with E-state index in [0.29, 0.717) is 18.3 Å². The second-order valence-corrected chi connectivity index (χ2v) is 5.83. The normalized spacial score (nSPS) is 35.1. The fourth-order valence-electron chi connectivity index (χ4n) is 3.42. The van der Waals surface area contributed by atoms with E-state index in [4.69, 9.17) is 9.47 Å². The number of carbonyl (C=O) groups excluding carboxylic acids is 1. The van der Waals surface area contributed by atoms with Gasteiger partial charge in [0.25, 0.3) is 0 Å². The summed E-state index contributed by atoms with van der Waals surface area (Å²) in [4.78, 5) is 11.4. The smallest absolute Gasteiger partial charge is 0.308 e. The van der Waals surface area contributed by atoms with Crippen LogP contribution in [0.3, 0.4) is 0 Å². The lowest BCUT2D eigenvalue weighted by atomic mass is 9.59. The maximum atomic E-state index is 11.4. The zero-order valence-electron chi connectivity index (χ0n) is 11.2. The Balaban J connectivity index is 2.22. The second-order valence-electron chi connectivity index (χ2n) is 5.83. The van der Waals surface area contributed by atoms with E-state index in [0.717, 1.165) is 13.0 Å². The molecule has 1 saturated heterocycles. The van der Waals surface area contributed by atoms with Gasteiger partial charge in [-0.2, -0.15) is 0 Å². The maximum Gasteiger partial charge on any atom is 0.308 e. The highest BCUT2D eigenvalue weighted by molar-refractivity contribution is 5.70. The largest absolute Gasteiger partial charge is 0.469 e. The number of hydrogen-bond acceptors (Lipinski definition) is 3. The first kappa shape index (κ1) is 12.6. The average Bonchev–Trinajstić information content (AvgIpc) is 2.24. The van der Waals surface area contributed by atoms with Crippen molar-refractivity contribution in [1.82, 2.24) is 0 Å². The van der Waals surface area contributed by atoms with Crippen molar-refractivity contribution < 1.29 is 14.3 Å². The third-order valence-electron chi connectivity index (χ3n) is 4.55. The number of esters is 1. The van der Waals surface area contributed by atoms with Crippen LogP contribution in [0.4, 0.5) is 0 Å². The molecule has 2 aliphatic rings. The molecule has 1 aliphatic carbocycles. The lowest BCUT2D eigenvalue weighted by Crippen LogP contribution is -2.50. The van der Waals surface area contributed by atoms with Gasteiger partial charge in [0.1, 0.15) is 0 Å². The fourth-order valence-corrected chi connectivity index (χ4v) is 3.42. The van der Waals surface area contributed by atoms with Crippen LogP contribution in [-0.2, 0) is 14.3 Å². The molecule has 1 fully saturated rings. The molecular formula is C14H22O3. The van der Waals surface area contributed by atoms with Crippen LogP contribution in [0, 0.1) is 17.3 Å². The highest BCUT2D eigenvalue weighted by atomic mass is 16.5. The van der Waals surface area contributed by atoms with Crippen molar-refractivity contribution in [3.63, 3.8) is 0 Å². The predicted octanol–water partition coefficient (Wildman–Crippen LogP) is 2.56. The SMILES string of the molecule is COC(=O)C[C@H]1OC[C@@H]2CC=C(C)[C@H]1C2(C)C. The standard InChI is InChI=1S/C14H22O3/c1-9-5-6-10-8-17-11(7-12(15)16-4)13(9)14(10,2)3/h5,10-11,13H,6-8H2,1-4H3/t10-,11+,13+/m0/s1. The molecule has 0 aromatic rings. The summed E-state index contributed by atoms with van der Waals surface area (Å²) in [5.74, 6) is 0.738. The quantitative estimate of drug-likeness (QED) is 0.548. The third-order valence-corrected chi connectivity index (χ3v) is 4.55. The number of rotatable bonds is 2.